The number of benzene rings is 1. The fourth-order valence-corrected chi connectivity index (χ4v) is 5.40. The first kappa shape index (κ1) is 20.1. The second-order valence-electron chi connectivity index (χ2n) is 8.13. The van der Waals surface area contributed by atoms with Crippen LogP contribution in [0.25, 0.3) is 0 Å². The maximum atomic E-state index is 12.9. The molecule has 0 bridgehead atoms. The van der Waals surface area contributed by atoms with E-state index in [2.05, 4.69) is 20.6 Å². The van der Waals surface area contributed by atoms with Gasteiger partial charge in [-0.1, -0.05) is 16.6 Å². The van der Waals surface area contributed by atoms with Gasteiger partial charge in [0.1, 0.15) is 4.88 Å². The number of likely N-dealkylation sites (tertiary alicyclic amines) is 2. The highest BCUT2D eigenvalue weighted by Crippen LogP contribution is 2.41. The van der Waals surface area contributed by atoms with Crippen LogP contribution >= 0.6 is 11.5 Å². The molecule has 0 unspecified atom stereocenters. The zero-order chi connectivity index (χ0) is 20.4. The Morgan fingerprint density at radius 3 is 2.79 bits per heavy atom. The van der Waals surface area contributed by atoms with E-state index in [0.717, 1.165) is 68.3 Å². The van der Waals surface area contributed by atoms with Crippen LogP contribution in [0.2, 0.25) is 0 Å². The van der Waals surface area contributed by atoms with Gasteiger partial charge in [0.15, 0.2) is 11.5 Å². The SMILES string of the molecule is COc1cccc(CN2CCC[C@]3(CCN(C(=O)c4snnc4C)C3)C2)c1OC. The normalized spacial score (nSPS) is 22.2. The number of piperidine rings is 1. The van der Waals surface area contributed by atoms with Gasteiger partial charge in [-0.05, 0) is 50.3 Å². The van der Waals surface area contributed by atoms with Crippen LogP contribution in [0.3, 0.4) is 0 Å². The topological polar surface area (TPSA) is 67.8 Å². The lowest BCUT2D eigenvalue weighted by Crippen LogP contribution is -2.45. The Kier molecular flexibility index (Phi) is 5.74. The van der Waals surface area contributed by atoms with E-state index in [4.69, 9.17) is 9.47 Å². The number of para-hydroxylation sites is 1. The lowest BCUT2D eigenvalue weighted by Gasteiger charge is -2.40. The van der Waals surface area contributed by atoms with Crippen LogP contribution < -0.4 is 9.47 Å². The second-order valence-corrected chi connectivity index (χ2v) is 8.89. The Morgan fingerprint density at radius 2 is 2.07 bits per heavy atom. The molecule has 1 aromatic carbocycles. The largest absolute Gasteiger partial charge is 0.493 e. The van der Waals surface area contributed by atoms with Crippen LogP contribution in [0, 0.1) is 12.3 Å². The van der Waals surface area contributed by atoms with Crippen molar-refractivity contribution in [3.8, 4) is 11.5 Å². The van der Waals surface area contributed by atoms with E-state index < -0.39 is 0 Å². The van der Waals surface area contributed by atoms with Crippen molar-refractivity contribution in [3.05, 3.63) is 34.3 Å². The fourth-order valence-electron chi connectivity index (χ4n) is 4.78. The van der Waals surface area contributed by atoms with Crippen molar-refractivity contribution in [1.29, 1.82) is 0 Å². The smallest absolute Gasteiger partial charge is 0.267 e. The maximum absolute atomic E-state index is 12.9. The van der Waals surface area contributed by atoms with Gasteiger partial charge in [0.25, 0.3) is 5.91 Å². The van der Waals surface area contributed by atoms with Gasteiger partial charge in [0.2, 0.25) is 0 Å². The molecule has 8 heteroatoms. The molecule has 2 saturated heterocycles. The molecule has 29 heavy (non-hydrogen) atoms. The van der Waals surface area contributed by atoms with E-state index in [-0.39, 0.29) is 11.3 Å². The van der Waals surface area contributed by atoms with Gasteiger partial charge in [-0.25, -0.2) is 0 Å². The number of rotatable bonds is 5. The quantitative estimate of drug-likeness (QED) is 0.746. The fraction of sp³-hybridized carbons (Fsp3) is 0.571. The third-order valence-corrected chi connectivity index (χ3v) is 7.01. The predicted molar refractivity (Wildman–Crippen MR) is 112 cm³/mol. The first-order valence-corrected chi connectivity index (χ1v) is 10.8. The maximum Gasteiger partial charge on any atom is 0.267 e. The van der Waals surface area contributed by atoms with E-state index in [1.54, 1.807) is 14.2 Å². The Balaban J connectivity index is 1.45. The van der Waals surface area contributed by atoms with E-state index in [0.29, 0.717) is 4.88 Å². The molecule has 2 aliphatic heterocycles. The highest BCUT2D eigenvalue weighted by molar-refractivity contribution is 7.07. The third kappa shape index (κ3) is 3.96. The molecule has 0 N–H and O–H groups in total. The molecule has 1 spiro atoms. The van der Waals surface area contributed by atoms with Crippen molar-refractivity contribution in [2.75, 3.05) is 40.4 Å². The lowest BCUT2D eigenvalue weighted by molar-refractivity contribution is 0.0676. The lowest BCUT2D eigenvalue weighted by atomic mass is 9.79. The second kappa shape index (κ2) is 8.28. The monoisotopic (exact) mass is 416 g/mol. The summed E-state index contributed by atoms with van der Waals surface area (Å²) < 4.78 is 15.0. The van der Waals surface area contributed by atoms with E-state index >= 15 is 0 Å². The number of amides is 1. The molecule has 1 aromatic heterocycles. The number of hydrogen-bond acceptors (Lipinski definition) is 7. The van der Waals surface area contributed by atoms with Crippen LogP contribution in [-0.4, -0.2) is 65.7 Å². The average molecular weight is 417 g/mol. The molecule has 0 radical (unpaired) electrons. The summed E-state index contributed by atoms with van der Waals surface area (Å²) in [5, 5.41) is 3.99. The molecule has 156 valence electrons. The van der Waals surface area contributed by atoms with Crippen molar-refractivity contribution < 1.29 is 14.3 Å². The highest BCUT2D eigenvalue weighted by Gasteiger charge is 2.43. The molecule has 4 rings (SSSR count). The standard InChI is InChI=1S/C21H28N4O3S/c1-15-19(29-23-22-15)20(26)25-11-9-21(14-25)8-5-10-24(13-21)12-16-6-4-7-17(27-2)18(16)28-3/h4,6-7H,5,8-14H2,1-3H3/t21-/m0/s1. The summed E-state index contributed by atoms with van der Waals surface area (Å²) in [7, 11) is 3.36. The van der Waals surface area contributed by atoms with Gasteiger partial charge < -0.3 is 14.4 Å². The molecule has 0 aliphatic carbocycles. The number of aryl methyl sites for hydroxylation is 1. The third-order valence-electron chi connectivity index (χ3n) is 6.19. The van der Waals surface area contributed by atoms with E-state index in [9.17, 15) is 4.79 Å². The molecular formula is C21H28N4O3S. The van der Waals surface area contributed by atoms with Crippen molar-refractivity contribution in [1.82, 2.24) is 19.4 Å². The number of carbonyl (C=O) groups is 1. The van der Waals surface area contributed by atoms with Gasteiger partial charge in [-0.3, -0.25) is 9.69 Å². The molecule has 2 fully saturated rings. The van der Waals surface area contributed by atoms with E-state index in [1.807, 2.05) is 24.0 Å². The van der Waals surface area contributed by atoms with Gasteiger partial charge in [0.05, 0.1) is 19.9 Å². The Labute approximate surface area is 175 Å². The Morgan fingerprint density at radius 1 is 1.21 bits per heavy atom. The number of nitrogens with zero attached hydrogens (tertiary/aromatic N) is 4. The zero-order valence-electron chi connectivity index (χ0n) is 17.3. The number of methoxy groups -OCH3 is 2. The molecule has 1 atom stereocenters. The van der Waals surface area contributed by atoms with Crippen molar-refractivity contribution in [2.24, 2.45) is 5.41 Å². The van der Waals surface area contributed by atoms with Gasteiger partial charge >= 0.3 is 0 Å². The van der Waals surface area contributed by atoms with Crippen LogP contribution in [0.5, 0.6) is 11.5 Å². The average Bonchev–Trinajstić information content (AvgIpc) is 3.34. The van der Waals surface area contributed by atoms with Crippen LogP contribution in [0.1, 0.15) is 40.2 Å². The van der Waals surface area contributed by atoms with Crippen molar-refractivity contribution >= 4 is 17.4 Å². The number of carbonyl (C=O) groups excluding carboxylic acids is 1. The molecule has 1 amide bonds. The molecular weight excluding hydrogens is 388 g/mol. The summed E-state index contributed by atoms with van der Waals surface area (Å²) in [6.07, 6.45) is 3.37. The minimum absolute atomic E-state index is 0.0842. The van der Waals surface area contributed by atoms with Crippen molar-refractivity contribution in [3.63, 3.8) is 0 Å². The molecule has 0 saturated carbocycles. The highest BCUT2D eigenvalue weighted by atomic mass is 32.1. The zero-order valence-corrected chi connectivity index (χ0v) is 18.1. The number of aromatic nitrogens is 2. The predicted octanol–water partition coefficient (Wildman–Crippen LogP) is 2.99. The van der Waals surface area contributed by atoms with Crippen LogP contribution in [0.15, 0.2) is 18.2 Å². The molecule has 3 heterocycles. The molecule has 2 aliphatic rings. The number of ether oxygens (including phenoxy) is 2. The summed E-state index contributed by atoms with van der Waals surface area (Å²) in [4.78, 5) is 18.1. The minimum Gasteiger partial charge on any atom is -0.493 e. The molecule has 7 nitrogen and oxygen atoms in total. The van der Waals surface area contributed by atoms with Gasteiger partial charge in [-0.2, -0.15) is 0 Å². The van der Waals surface area contributed by atoms with Crippen molar-refractivity contribution in [2.45, 2.75) is 32.7 Å². The summed E-state index contributed by atoms with van der Waals surface area (Å²) >= 11 is 1.20. The van der Waals surface area contributed by atoms with Crippen LogP contribution in [-0.2, 0) is 6.54 Å². The Hall–Kier alpha value is -2.19. The van der Waals surface area contributed by atoms with Gasteiger partial charge in [0, 0.05) is 37.2 Å². The molecule has 2 aromatic rings. The van der Waals surface area contributed by atoms with E-state index in [1.165, 1.54) is 18.0 Å². The number of hydrogen-bond donors (Lipinski definition) is 0. The van der Waals surface area contributed by atoms with Gasteiger partial charge in [-0.15, -0.1) is 5.10 Å². The first-order valence-electron chi connectivity index (χ1n) is 10.1. The summed E-state index contributed by atoms with van der Waals surface area (Å²) in [6.45, 7) is 6.37. The minimum atomic E-state index is 0.0842. The Bertz CT molecular complexity index is 887. The summed E-state index contributed by atoms with van der Waals surface area (Å²) in [5.74, 6) is 1.66. The van der Waals surface area contributed by atoms with Crippen LogP contribution in [0.4, 0.5) is 0 Å². The first-order chi connectivity index (χ1) is 14.0. The summed E-state index contributed by atoms with van der Waals surface area (Å²) in [6, 6.07) is 6.04. The summed E-state index contributed by atoms with van der Waals surface area (Å²) in [5.41, 5.74) is 2.05.